The molecule has 0 saturated carbocycles. The summed E-state index contributed by atoms with van der Waals surface area (Å²) in [6, 6.07) is 12.4. The summed E-state index contributed by atoms with van der Waals surface area (Å²) in [5.74, 6) is -0.353. The number of carbonyl (C=O) groups excluding carboxylic acids is 1. The normalized spacial score (nSPS) is 11.6. The monoisotopic (exact) mass is 325 g/mol. The number of benzene rings is 2. The summed E-state index contributed by atoms with van der Waals surface area (Å²) in [6.07, 6.45) is -3.26. The Balaban J connectivity index is 2.05. The van der Waals surface area contributed by atoms with Gasteiger partial charge in [0, 0.05) is 22.3 Å². The van der Waals surface area contributed by atoms with Gasteiger partial charge in [-0.25, -0.2) is 0 Å². The molecule has 0 aromatic heterocycles. The number of hydrogen-bond acceptors (Lipinski definition) is 1. The number of halogens is 4. The lowest BCUT2D eigenvalue weighted by Crippen LogP contribution is -2.11. The first kappa shape index (κ1) is 16.1. The molecule has 2 aromatic carbocycles. The fraction of sp³-hybridized carbons (Fsp3) is 0.0625. The van der Waals surface area contributed by atoms with Crippen LogP contribution in [-0.4, -0.2) is 12.1 Å². The minimum Gasteiger partial charge on any atom is -0.322 e. The molecule has 0 aliphatic heterocycles. The van der Waals surface area contributed by atoms with E-state index in [-0.39, 0.29) is 12.0 Å². The van der Waals surface area contributed by atoms with E-state index in [1.807, 2.05) is 0 Å². The van der Waals surface area contributed by atoms with Gasteiger partial charge in [0.15, 0.2) is 0 Å². The van der Waals surface area contributed by atoms with Gasteiger partial charge in [0.1, 0.15) is 0 Å². The van der Waals surface area contributed by atoms with Gasteiger partial charge in [0.25, 0.3) is 5.91 Å². The van der Waals surface area contributed by atoms with Crippen molar-refractivity contribution >= 4 is 29.3 Å². The average molecular weight is 326 g/mol. The molecule has 0 spiro atoms. The molecule has 1 N–H and O–H groups in total. The first-order valence-corrected chi connectivity index (χ1v) is 6.64. The number of nitrogens with one attached hydrogen (secondary N) is 1. The summed E-state index contributed by atoms with van der Waals surface area (Å²) >= 11 is 5.75. The second-order valence-electron chi connectivity index (χ2n) is 4.46. The van der Waals surface area contributed by atoms with Gasteiger partial charge in [-0.2, -0.15) is 13.2 Å². The minimum atomic E-state index is -4.36. The van der Waals surface area contributed by atoms with E-state index in [4.69, 9.17) is 11.6 Å². The summed E-state index contributed by atoms with van der Waals surface area (Å²) in [5.41, 5.74) is 1.29. The molecule has 6 heteroatoms. The molecule has 0 bridgehead atoms. The van der Waals surface area contributed by atoms with Crippen molar-refractivity contribution in [1.82, 2.24) is 0 Å². The average Bonchev–Trinajstić information content (AvgIpc) is 2.47. The minimum absolute atomic E-state index is 0.149. The predicted molar refractivity (Wildman–Crippen MR) is 80.9 cm³/mol. The lowest BCUT2D eigenvalue weighted by atomic mass is 10.1. The first-order valence-electron chi connectivity index (χ1n) is 6.26. The third-order valence-electron chi connectivity index (χ3n) is 2.74. The molecule has 114 valence electrons. The van der Waals surface area contributed by atoms with Crippen molar-refractivity contribution in [2.45, 2.75) is 6.18 Å². The number of carbonyl (C=O) groups is 1. The van der Waals surface area contributed by atoms with Crippen molar-refractivity contribution in [2.75, 3.05) is 5.32 Å². The van der Waals surface area contributed by atoms with Crippen molar-refractivity contribution in [2.24, 2.45) is 0 Å². The van der Waals surface area contributed by atoms with Crippen LogP contribution in [0.1, 0.15) is 15.9 Å². The molecule has 22 heavy (non-hydrogen) atoms. The van der Waals surface area contributed by atoms with Crippen LogP contribution in [0.4, 0.5) is 18.9 Å². The number of rotatable bonds is 3. The second-order valence-corrected chi connectivity index (χ2v) is 4.89. The Labute approximate surface area is 130 Å². The molecule has 0 fully saturated rings. The molecular formula is C16H11ClF3NO. The standard InChI is InChI=1S/C16H11ClF3NO/c17-13-5-7-14(8-6-13)21-15(22)12-3-1-11(2-4-12)9-10-16(18,19)20/h1-10H,(H,21,22). The SMILES string of the molecule is O=C(Nc1ccc(Cl)cc1)c1ccc(C=CC(F)(F)F)cc1. The van der Waals surface area contributed by atoms with Crippen molar-refractivity contribution < 1.29 is 18.0 Å². The maximum Gasteiger partial charge on any atom is 0.409 e. The van der Waals surface area contributed by atoms with E-state index in [0.717, 1.165) is 6.08 Å². The van der Waals surface area contributed by atoms with E-state index >= 15 is 0 Å². The van der Waals surface area contributed by atoms with Gasteiger partial charge < -0.3 is 5.32 Å². The van der Waals surface area contributed by atoms with Crippen LogP contribution >= 0.6 is 11.6 Å². The highest BCUT2D eigenvalue weighted by atomic mass is 35.5. The summed E-state index contributed by atoms with van der Waals surface area (Å²) in [4.78, 5) is 12.0. The summed E-state index contributed by atoms with van der Waals surface area (Å²) in [6.45, 7) is 0. The molecule has 2 aromatic rings. The Morgan fingerprint density at radius 1 is 1.00 bits per heavy atom. The lowest BCUT2D eigenvalue weighted by Gasteiger charge is -2.05. The second kappa shape index (κ2) is 6.66. The Kier molecular flexibility index (Phi) is 4.88. The van der Waals surface area contributed by atoms with Crippen LogP contribution in [-0.2, 0) is 0 Å². The maximum atomic E-state index is 12.1. The van der Waals surface area contributed by atoms with E-state index in [1.54, 1.807) is 24.3 Å². The summed E-state index contributed by atoms with van der Waals surface area (Å²) in [5, 5.41) is 3.22. The van der Waals surface area contributed by atoms with Gasteiger partial charge in [-0.3, -0.25) is 4.79 Å². The third kappa shape index (κ3) is 4.93. The Hall–Kier alpha value is -2.27. The van der Waals surface area contributed by atoms with Crippen molar-refractivity contribution in [3.8, 4) is 0 Å². The first-order chi connectivity index (χ1) is 10.3. The largest absolute Gasteiger partial charge is 0.409 e. The molecule has 0 heterocycles. The topological polar surface area (TPSA) is 29.1 Å². The van der Waals surface area contributed by atoms with Crippen LogP contribution in [0.2, 0.25) is 5.02 Å². The highest BCUT2D eigenvalue weighted by molar-refractivity contribution is 6.30. The molecular weight excluding hydrogens is 315 g/mol. The molecule has 0 atom stereocenters. The highest BCUT2D eigenvalue weighted by Gasteiger charge is 2.21. The maximum absolute atomic E-state index is 12.1. The van der Waals surface area contributed by atoms with Crippen molar-refractivity contribution in [1.29, 1.82) is 0 Å². The molecule has 0 radical (unpaired) electrons. The van der Waals surface area contributed by atoms with Gasteiger partial charge in [-0.15, -0.1) is 0 Å². The Bertz CT molecular complexity index is 676. The van der Waals surface area contributed by atoms with Crippen LogP contribution in [0.25, 0.3) is 6.08 Å². The molecule has 0 aliphatic rings. The van der Waals surface area contributed by atoms with Crippen LogP contribution in [0.5, 0.6) is 0 Å². The summed E-state index contributed by atoms with van der Waals surface area (Å²) in [7, 11) is 0. The number of amides is 1. The zero-order valence-electron chi connectivity index (χ0n) is 11.2. The van der Waals surface area contributed by atoms with Crippen molar-refractivity contribution in [3.63, 3.8) is 0 Å². The zero-order chi connectivity index (χ0) is 16.2. The molecule has 1 amide bonds. The molecule has 2 rings (SSSR count). The highest BCUT2D eigenvalue weighted by Crippen LogP contribution is 2.19. The van der Waals surface area contributed by atoms with Crippen LogP contribution in [0.15, 0.2) is 54.6 Å². The predicted octanol–water partition coefficient (Wildman–Crippen LogP) is 5.17. The van der Waals surface area contributed by atoms with E-state index in [0.29, 0.717) is 21.8 Å². The van der Waals surface area contributed by atoms with Crippen LogP contribution in [0, 0.1) is 0 Å². The fourth-order valence-corrected chi connectivity index (χ4v) is 1.80. The molecule has 0 aliphatic carbocycles. The smallest absolute Gasteiger partial charge is 0.322 e. The van der Waals surface area contributed by atoms with E-state index < -0.39 is 6.18 Å². The van der Waals surface area contributed by atoms with Gasteiger partial charge in [0.2, 0.25) is 0 Å². The van der Waals surface area contributed by atoms with E-state index in [2.05, 4.69) is 5.32 Å². The number of anilines is 1. The van der Waals surface area contributed by atoms with Gasteiger partial charge in [0.05, 0.1) is 0 Å². The van der Waals surface area contributed by atoms with Crippen molar-refractivity contribution in [3.05, 3.63) is 70.8 Å². The summed E-state index contributed by atoms with van der Waals surface area (Å²) < 4.78 is 36.2. The zero-order valence-corrected chi connectivity index (χ0v) is 11.9. The quantitative estimate of drug-likeness (QED) is 0.829. The number of allylic oxidation sites excluding steroid dienone is 1. The van der Waals surface area contributed by atoms with E-state index in [9.17, 15) is 18.0 Å². The van der Waals surface area contributed by atoms with Crippen LogP contribution < -0.4 is 5.32 Å². The lowest BCUT2D eigenvalue weighted by molar-refractivity contribution is -0.0790. The molecule has 0 unspecified atom stereocenters. The Morgan fingerprint density at radius 2 is 1.59 bits per heavy atom. The molecule has 2 nitrogen and oxygen atoms in total. The number of alkyl halides is 3. The fourth-order valence-electron chi connectivity index (χ4n) is 1.67. The third-order valence-corrected chi connectivity index (χ3v) is 2.99. The van der Waals surface area contributed by atoms with Crippen LogP contribution in [0.3, 0.4) is 0 Å². The molecule has 0 saturated heterocycles. The van der Waals surface area contributed by atoms with E-state index in [1.165, 1.54) is 24.3 Å². The van der Waals surface area contributed by atoms with Gasteiger partial charge in [-0.05, 0) is 42.0 Å². The van der Waals surface area contributed by atoms with Gasteiger partial charge >= 0.3 is 6.18 Å². The number of hydrogen-bond donors (Lipinski definition) is 1. The van der Waals surface area contributed by atoms with Gasteiger partial charge in [-0.1, -0.05) is 29.8 Å². The Morgan fingerprint density at radius 3 is 2.14 bits per heavy atom.